The van der Waals surface area contributed by atoms with E-state index in [0.717, 1.165) is 6.08 Å². The lowest BCUT2D eigenvalue weighted by molar-refractivity contribution is -0.339. The van der Waals surface area contributed by atoms with E-state index in [0.29, 0.717) is 11.1 Å². The van der Waals surface area contributed by atoms with Crippen LogP contribution in [0.1, 0.15) is 11.1 Å². The molecule has 15 atom stereocenters. The van der Waals surface area contributed by atoms with Gasteiger partial charge in [0.15, 0.2) is 41.4 Å². The van der Waals surface area contributed by atoms with Crippen LogP contribution in [0.25, 0.3) is 12.2 Å². The lowest BCUT2D eigenvalue weighted by Crippen LogP contribution is -2.63. The number of rotatable bonds is 16. The molecule has 332 valence electrons. The summed E-state index contributed by atoms with van der Waals surface area (Å²) in [6.45, 7) is -1.99. The molecule has 0 saturated carbocycles. The molecule has 0 unspecified atom stereocenters. The van der Waals surface area contributed by atoms with Crippen molar-refractivity contribution in [3.63, 3.8) is 0 Å². The van der Waals surface area contributed by atoms with Gasteiger partial charge in [0, 0.05) is 6.08 Å². The van der Waals surface area contributed by atoms with Crippen LogP contribution in [0.4, 0.5) is 0 Å². The first kappa shape index (κ1) is 46.8. The van der Waals surface area contributed by atoms with Crippen molar-refractivity contribution in [2.24, 2.45) is 0 Å². The Hall–Kier alpha value is -4.27. The Morgan fingerprint density at radius 3 is 1.62 bits per heavy atom. The maximum atomic E-state index is 12.4. The number of carbonyl (C=O) groups is 1. The molecule has 0 spiro atoms. The van der Waals surface area contributed by atoms with Gasteiger partial charge < -0.3 is 99.2 Å². The van der Waals surface area contributed by atoms with Gasteiger partial charge in [0.05, 0.1) is 34.0 Å². The van der Waals surface area contributed by atoms with Crippen LogP contribution in [0.5, 0.6) is 23.0 Å². The molecule has 21 nitrogen and oxygen atoms in total. The van der Waals surface area contributed by atoms with Gasteiger partial charge in [-0.25, -0.2) is 0 Å². The van der Waals surface area contributed by atoms with Crippen molar-refractivity contribution in [3.8, 4) is 23.0 Å². The maximum absolute atomic E-state index is 12.4. The first-order chi connectivity index (χ1) is 28.6. The molecule has 2 aromatic carbocycles. The van der Waals surface area contributed by atoms with E-state index >= 15 is 0 Å². The predicted molar refractivity (Wildman–Crippen MR) is 201 cm³/mol. The molecule has 5 rings (SSSR count). The Balaban J connectivity index is 1.18. The summed E-state index contributed by atoms with van der Waals surface area (Å²) in [5, 5.41) is 123. The van der Waals surface area contributed by atoms with Crippen molar-refractivity contribution in [2.75, 3.05) is 34.0 Å². The highest BCUT2D eigenvalue weighted by Gasteiger charge is 2.49. The highest BCUT2D eigenvalue weighted by Crippen LogP contribution is 2.34. The number of phenolic OH excluding ortho intramolecular Hbond substituents is 1. The van der Waals surface area contributed by atoms with Crippen molar-refractivity contribution < 1.29 is 104 Å². The molecule has 0 amide bonds. The average molecular weight is 855 g/mol. The molecule has 2 aromatic rings. The van der Waals surface area contributed by atoms with Crippen molar-refractivity contribution in [1.82, 2.24) is 0 Å². The quantitative estimate of drug-likeness (QED) is 0.0454. The number of hydrogen-bond donors (Lipinski definition) is 12. The molecule has 21 heteroatoms. The van der Waals surface area contributed by atoms with Crippen LogP contribution >= 0.6 is 0 Å². The van der Waals surface area contributed by atoms with E-state index in [4.69, 9.17) is 37.9 Å². The Bertz CT molecular complexity index is 1820. The van der Waals surface area contributed by atoms with E-state index in [1.165, 1.54) is 68.9 Å². The zero-order valence-electron chi connectivity index (χ0n) is 32.2. The molecule has 0 aliphatic carbocycles. The molecule has 3 heterocycles. The van der Waals surface area contributed by atoms with Gasteiger partial charge in [-0.05, 0) is 47.5 Å². The molecule has 3 fully saturated rings. The Morgan fingerprint density at radius 1 is 0.600 bits per heavy atom. The van der Waals surface area contributed by atoms with Crippen molar-refractivity contribution in [1.29, 1.82) is 0 Å². The minimum atomic E-state index is -1.87. The largest absolute Gasteiger partial charge is 0.508 e. The summed E-state index contributed by atoms with van der Waals surface area (Å²) in [4.78, 5) is 12.4. The zero-order valence-corrected chi connectivity index (χ0v) is 32.2. The van der Waals surface area contributed by atoms with Crippen molar-refractivity contribution >= 4 is 17.9 Å². The van der Waals surface area contributed by atoms with Crippen LogP contribution in [0.3, 0.4) is 0 Å². The highest BCUT2D eigenvalue weighted by atomic mass is 16.7. The third-order valence-electron chi connectivity index (χ3n) is 9.85. The number of allylic oxidation sites excluding steroid dienone is 3. The standard InChI is InChI=1S/C39H50O21/c1-53-23-11-17(5-9-21(23)43)3-7-19(41)13-20(42)8-4-18-6-10-22(24(12-18)54-2)57-39-36(52)33(49)30(46)27(60-39)16-56-38-35(51)32(48)29(45)26(59-38)15-55-37-34(50)31(47)28(44)25(14-40)58-37/h3-13,25-40,42-52H,14-16H2,1-2H3/b7-3+,8-4+,20-13-/t25-,26-,27-,28-,29-,30-,31+,32+,33+,34-,35-,36-,37-,38-,39-/m1/s1. The second-order valence-electron chi connectivity index (χ2n) is 14.0. The van der Waals surface area contributed by atoms with Gasteiger partial charge in [-0.3, -0.25) is 4.79 Å². The number of ketones is 1. The number of aromatic hydroxyl groups is 1. The summed E-state index contributed by atoms with van der Waals surface area (Å²) >= 11 is 0. The summed E-state index contributed by atoms with van der Waals surface area (Å²) in [6, 6.07) is 8.94. The number of aliphatic hydroxyl groups excluding tert-OH is 11. The number of benzene rings is 2. The number of carbonyl (C=O) groups excluding carboxylic acids is 1. The van der Waals surface area contributed by atoms with Gasteiger partial charge in [-0.2, -0.15) is 0 Å². The third kappa shape index (κ3) is 11.2. The average Bonchev–Trinajstić information content (AvgIpc) is 3.24. The molecule has 0 bridgehead atoms. The molecule has 3 aliphatic rings. The van der Waals surface area contributed by atoms with E-state index in [1.807, 2.05) is 0 Å². The van der Waals surface area contributed by atoms with E-state index < -0.39 is 118 Å². The smallest absolute Gasteiger partial charge is 0.229 e. The summed E-state index contributed by atoms with van der Waals surface area (Å²) < 4.78 is 43.8. The SMILES string of the molecule is COc1cc(/C=C/C(=O)/C=C(O)/C=C/c2ccc(O[C@@H]3O[C@H](CO[C@@H]4O[C@H](CO[C@@H]5O[C@H](CO)[C@@H](O)[C@H](O)[C@H]5O)[C@@H](O)[C@H](O)[C@H]4O)[C@@H](O)[C@H](O)[C@H]3O)c(OC)c2)ccc1O. The second-order valence-corrected chi connectivity index (χ2v) is 14.0. The number of ether oxygens (including phenoxy) is 8. The molecule has 12 N–H and O–H groups in total. The number of methoxy groups -OCH3 is 2. The van der Waals surface area contributed by atoms with Gasteiger partial charge in [-0.15, -0.1) is 0 Å². The van der Waals surface area contributed by atoms with Crippen LogP contribution < -0.4 is 14.2 Å². The Kier molecular flexibility index (Phi) is 16.4. The van der Waals surface area contributed by atoms with Crippen LogP contribution in [-0.2, 0) is 28.5 Å². The van der Waals surface area contributed by atoms with E-state index in [2.05, 4.69) is 0 Å². The lowest BCUT2D eigenvalue weighted by Gasteiger charge is -2.43. The number of aliphatic hydroxyl groups is 11. The molecule has 60 heavy (non-hydrogen) atoms. The topological polar surface area (TPSA) is 334 Å². The molecule has 3 saturated heterocycles. The maximum Gasteiger partial charge on any atom is 0.229 e. The van der Waals surface area contributed by atoms with Gasteiger partial charge in [0.1, 0.15) is 79.0 Å². The summed E-state index contributed by atoms with van der Waals surface area (Å²) in [5.41, 5.74) is 1.05. The third-order valence-corrected chi connectivity index (χ3v) is 9.85. The van der Waals surface area contributed by atoms with Gasteiger partial charge >= 0.3 is 0 Å². The van der Waals surface area contributed by atoms with Crippen molar-refractivity contribution in [2.45, 2.75) is 92.1 Å². The molecular formula is C39H50O21. The first-order valence-electron chi connectivity index (χ1n) is 18.5. The second kappa shape index (κ2) is 21.0. The number of hydrogen-bond acceptors (Lipinski definition) is 21. The van der Waals surface area contributed by atoms with Crippen LogP contribution in [0.2, 0.25) is 0 Å². The summed E-state index contributed by atoms with van der Waals surface area (Å²) in [6.07, 6.45) is -18.8. The van der Waals surface area contributed by atoms with Gasteiger partial charge in [0.25, 0.3) is 0 Å². The fourth-order valence-electron chi connectivity index (χ4n) is 6.34. The first-order valence-corrected chi connectivity index (χ1v) is 18.5. The highest BCUT2D eigenvalue weighted by molar-refractivity contribution is 6.02. The molecule has 0 aromatic heterocycles. The molecular weight excluding hydrogens is 804 g/mol. The fraction of sp³-hybridized carbons (Fsp3) is 0.513. The normalized spacial score (nSPS) is 35.1. The van der Waals surface area contributed by atoms with Crippen LogP contribution in [0.15, 0.2) is 60.4 Å². The molecule has 3 aliphatic heterocycles. The van der Waals surface area contributed by atoms with E-state index in [-0.39, 0.29) is 28.8 Å². The van der Waals surface area contributed by atoms with Crippen molar-refractivity contribution in [3.05, 3.63) is 71.5 Å². The minimum absolute atomic E-state index is 0.0123. The summed E-state index contributed by atoms with van der Waals surface area (Å²) in [7, 11) is 2.71. The lowest BCUT2D eigenvalue weighted by atomic mass is 9.98. The summed E-state index contributed by atoms with van der Waals surface area (Å²) in [5.74, 6) is -0.623. The van der Waals surface area contributed by atoms with Gasteiger partial charge in [-0.1, -0.05) is 24.3 Å². The fourth-order valence-corrected chi connectivity index (χ4v) is 6.34. The zero-order chi connectivity index (χ0) is 43.8. The Labute approximate surface area is 342 Å². The van der Waals surface area contributed by atoms with Crippen LogP contribution in [0, 0.1) is 0 Å². The van der Waals surface area contributed by atoms with E-state index in [9.17, 15) is 66.1 Å². The van der Waals surface area contributed by atoms with Crippen LogP contribution in [-0.4, -0.2) is 193 Å². The molecule has 0 radical (unpaired) electrons. The Morgan fingerprint density at radius 2 is 1.07 bits per heavy atom. The monoisotopic (exact) mass is 854 g/mol. The number of phenols is 1. The predicted octanol–water partition coefficient (Wildman–Crippen LogP) is -3.03. The minimum Gasteiger partial charge on any atom is -0.508 e. The van der Waals surface area contributed by atoms with Gasteiger partial charge in [0.2, 0.25) is 6.29 Å². The van der Waals surface area contributed by atoms with E-state index in [1.54, 1.807) is 6.07 Å².